The highest BCUT2D eigenvalue weighted by molar-refractivity contribution is 5.94. The summed E-state index contributed by atoms with van der Waals surface area (Å²) in [6.45, 7) is -0.526. The zero-order valence-corrected chi connectivity index (χ0v) is 13.0. The Morgan fingerprint density at radius 3 is 2.44 bits per heavy atom. The Morgan fingerprint density at radius 2 is 1.84 bits per heavy atom. The summed E-state index contributed by atoms with van der Waals surface area (Å²) in [4.78, 5) is 22.6. The Morgan fingerprint density at radius 1 is 1.16 bits per heavy atom. The first-order valence-electron chi connectivity index (χ1n) is 7.29. The van der Waals surface area contributed by atoms with Gasteiger partial charge in [-0.1, -0.05) is 6.07 Å². The molecule has 6 nitrogen and oxygen atoms in total. The van der Waals surface area contributed by atoms with Crippen molar-refractivity contribution in [3.8, 4) is 5.75 Å². The van der Waals surface area contributed by atoms with Gasteiger partial charge in [-0.3, -0.25) is 9.59 Å². The van der Waals surface area contributed by atoms with E-state index in [1.807, 2.05) is 0 Å². The van der Waals surface area contributed by atoms with Gasteiger partial charge >= 0.3 is 0 Å². The minimum atomic E-state index is -1.32. The van der Waals surface area contributed by atoms with Crippen molar-refractivity contribution >= 4 is 11.8 Å². The first kappa shape index (κ1) is 18.3. The molecule has 2 amide bonds. The van der Waals surface area contributed by atoms with Crippen molar-refractivity contribution in [2.45, 2.75) is 6.10 Å². The Bertz CT molecular complexity index is 766. The van der Waals surface area contributed by atoms with Gasteiger partial charge in [0.1, 0.15) is 17.4 Å². The van der Waals surface area contributed by atoms with Gasteiger partial charge in [-0.2, -0.15) is 0 Å². The summed E-state index contributed by atoms with van der Waals surface area (Å²) >= 11 is 0. The Labute approximate surface area is 142 Å². The standard InChI is InChI=1S/C17H16F2N2O4/c18-11-3-6-13(14(19)7-11)15(22)8-21-17(24)10-1-4-12(5-2-10)25-9-16(20)23/h1-7,15,22H,8-9H2,(H2,20,23)(H,21,24). The normalized spacial score (nSPS) is 11.6. The number of benzene rings is 2. The molecule has 0 aliphatic carbocycles. The maximum absolute atomic E-state index is 13.6. The predicted molar refractivity (Wildman–Crippen MR) is 84.8 cm³/mol. The van der Waals surface area contributed by atoms with Gasteiger partial charge in [-0.25, -0.2) is 8.78 Å². The maximum atomic E-state index is 13.6. The number of carbonyl (C=O) groups is 2. The lowest BCUT2D eigenvalue weighted by Crippen LogP contribution is -2.28. The quantitative estimate of drug-likeness (QED) is 0.700. The second kappa shape index (κ2) is 8.20. The van der Waals surface area contributed by atoms with Crippen LogP contribution in [-0.2, 0) is 4.79 Å². The SMILES string of the molecule is NC(=O)COc1ccc(C(=O)NCC(O)c2ccc(F)cc2F)cc1. The number of ether oxygens (including phenoxy) is 1. The molecular weight excluding hydrogens is 334 g/mol. The van der Waals surface area contributed by atoms with E-state index < -0.39 is 29.6 Å². The van der Waals surface area contributed by atoms with Crippen LogP contribution < -0.4 is 15.8 Å². The summed E-state index contributed by atoms with van der Waals surface area (Å²) < 4.78 is 31.5. The zero-order chi connectivity index (χ0) is 18.4. The molecule has 0 radical (unpaired) electrons. The van der Waals surface area contributed by atoms with Crippen LogP contribution in [0.5, 0.6) is 5.75 Å². The van der Waals surface area contributed by atoms with Crippen LogP contribution in [0.3, 0.4) is 0 Å². The van der Waals surface area contributed by atoms with Crippen LogP contribution in [-0.4, -0.2) is 30.1 Å². The smallest absolute Gasteiger partial charge is 0.255 e. The molecule has 0 aromatic heterocycles. The molecule has 0 spiro atoms. The summed E-state index contributed by atoms with van der Waals surface area (Å²) in [7, 11) is 0. The van der Waals surface area contributed by atoms with Crippen LogP contribution in [0, 0.1) is 11.6 Å². The highest BCUT2D eigenvalue weighted by Crippen LogP contribution is 2.18. The number of amides is 2. The van der Waals surface area contributed by atoms with Crippen LogP contribution in [0.25, 0.3) is 0 Å². The van der Waals surface area contributed by atoms with Crippen LogP contribution >= 0.6 is 0 Å². The topological polar surface area (TPSA) is 102 Å². The van der Waals surface area contributed by atoms with Gasteiger partial charge < -0.3 is 20.9 Å². The van der Waals surface area contributed by atoms with E-state index >= 15 is 0 Å². The van der Waals surface area contributed by atoms with Crippen molar-refractivity contribution in [1.29, 1.82) is 0 Å². The molecule has 8 heteroatoms. The Balaban J connectivity index is 1.92. The van der Waals surface area contributed by atoms with Crippen molar-refractivity contribution in [3.63, 3.8) is 0 Å². The van der Waals surface area contributed by atoms with Crippen LogP contribution in [0.2, 0.25) is 0 Å². The number of aliphatic hydroxyl groups excluding tert-OH is 1. The molecule has 0 fully saturated rings. The van der Waals surface area contributed by atoms with Gasteiger partial charge in [0.05, 0.1) is 6.10 Å². The molecule has 0 saturated heterocycles. The number of rotatable bonds is 7. The van der Waals surface area contributed by atoms with Crippen molar-refractivity contribution < 1.29 is 28.2 Å². The van der Waals surface area contributed by atoms with Gasteiger partial charge in [-0.05, 0) is 30.3 Å². The Kier molecular flexibility index (Phi) is 6.02. The number of nitrogens with two attached hydrogens (primary N) is 1. The molecule has 4 N–H and O–H groups in total. The van der Waals surface area contributed by atoms with E-state index in [-0.39, 0.29) is 24.3 Å². The third-order valence-corrected chi connectivity index (χ3v) is 3.28. The van der Waals surface area contributed by atoms with E-state index in [2.05, 4.69) is 5.32 Å². The number of halogens is 2. The van der Waals surface area contributed by atoms with Gasteiger partial charge in [-0.15, -0.1) is 0 Å². The summed E-state index contributed by atoms with van der Waals surface area (Å²) in [5.41, 5.74) is 5.12. The molecule has 0 saturated carbocycles. The van der Waals surface area contributed by atoms with Crippen molar-refractivity contribution in [3.05, 3.63) is 65.2 Å². The molecular formula is C17H16F2N2O4. The van der Waals surface area contributed by atoms with E-state index in [9.17, 15) is 23.5 Å². The van der Waals surface area contributed by atoms with Crippen LogP contribution in [0.1, 0.15) is 22.0 Å². The number of hydrogen-bond acceptors (Lipinski definition) is 4. The fourth-order valence-corrected chi connectivity index (χ4v) is 2.03. The first-order chi connectivity index (χ1) is 11.9. The monoisotopic (exact) mass is 350 g/mol. The van der Waals surface area contributed by atoms with E-state index in [1.165, 1.54) is 24.3 Å². The molecule has 2 aromatic carbocycles. The van der Waals surface area contributed by atoms with Gasteiger partial charge in [0.25, 0.3) is 11.8 Å². The maximum Gasteiger partial charge on any atom is 0.255 e. The lowest BCUT2D eigenvalue weighted by Gasteiger charge is -2.13. The summed E-state index contributed by atoms with van der Waals surface area (Å²) in [5, 5.41) is 12.4. The van der Waals surface area contributed by atoms with E-state index in [1.54, 1.807) is 0 Å². The summed E-state index contributed by atoms with van der Waals surface area (Å²) in [6.07, 6.45) is -1.32. The van der Waals surface area contributed by atoms with Gasteiger partial charge in [0.2, 0.25) is 0 Å². The van der Waals surface area contributed by atoms with Crippen LogP contribution in [0.4, 0.5) is 8.78 Å². The van der Waals surface area contributed by atoms with Crippen molar-refractivity contribution in [1.82, 2.24) is 5.32 Å². The third-order valence-electron chi connectivity index (χ3n) is 3.28. The summed E-state index contributed by atoms with van der Waals surface area (Å²) in [5.74, 6) is -2.40. The molecule has 132 valence electrons. The lowest BCUT2D eigenvalue weighted by atomic mass is 10.1. The molecule has 0 bridgehead atoms. The molecule has 0 aliphatic heterocycles. The third kappa shape index (κ3) is 5.25. The second-order valence-corrected chi connectivity index (χ2v) is 5.17. The minimum absolute atomic E-state index is 0.114. The first-order valence-corrected chi connectivity index (χ1v) is 7.29. The van der Waals surface area contributed by atoms with Gasteiger partial charge in [0, 0.05) is 23.7 Å². The predicted octanol–water partition coefficient (Wildman–Crippen LogP) is 1.29. The number of nitrogens with one attached hydrogen (secondary N) is 1. The van der Waals surface area contributed by atoms with Crippen molar-refractivity contribution in [2.75, 3.05) is 13.2 Å². The fourth-order valence-electron chi connectivity index (χ4n) is 2.03. The van der Waals surface area contributed by atoms with Crippen LogP contribution in [0.15, 0.2) is 42.5 Å². The molecule has 0 aliphatic rings. The number of carbonyl (C=O) groups excluding carboxylic acids is 2. The molecule has 25 heavy (non-hydrogen) atoms. The average Bonchev–Trinajstić information content (AvgIpc) is 2.58. The molecule has 1 atom stereocenters. The largest absolute Gasteiger partial charge is 0.484 e. The molecule has 0 heterocycles. The average molecular weight is 350 g/mol. The second-order valence-electron chi connectivity index (χ2n) is 5.17. The minimum Gasteiger partial charge on any atom is -0.484 e. The fraction of sp³-hybridized carbons (Fsp3) is 0.176. The van der Waals surface area contributed by atoms with E-state index in [4.69, 9.17) is 10.5 Å². The lowest BCUT2D eigenvalue weighted by molar-refractivity contribution is -0.119. The molecule has 1 unspecified atom stereocenters. The van der Waals surface area contributed by atoms with E-state index in [0.29, 0.717) is 11.8 Å². The molecule has 2 aromatic rings. The van der Waals surface area contributed by atoms with E-state index in [0.717, 1.165) is 12.1 Å². The Hall–Kier alpha value is -3.00. The highest BCUT2D eigenvalue weighted by Gasteiger charge is 2.15. The summed E-state index contributed by atoms with van der Waals surface area (Å²) in [6, 6.07) is 8.67. The highest BCUT2D eigenvalue weighted by atomic mass is 19.1. The zero-order valence-electron chi connectivity index (χ0n) is 13.0. The number of aliphatic hydroxyl groups is 1. The molecule has 2 rings (SSSR count). The number of primary amides is 1. The van der Waals surface area contributed by atoms with Crippen molar-refractivity contribution in [2.24, 2.45) is 5.73 Å². The number of hydrogen-bond donors (Lipinski definition) is 3. The van der Waals surface area contributed by atoms with Gasteiger partial charge in [0.15, 0.2) is 6.61 Å².